The van der Waals surface area contributed by atoms with Crippen LogP contribution in [0.4, 0.5) is 0 Å². The molecular weight excluding hydrogens is 286 g/mol. The van der Waals surface area contributed by atoms with Gasteiger partial charge in [-0.25, -0.2) is 13.1 Å². The van der Waals surface area contributed by atoms with Crippen LogP contribution in [0.1, 0.15) is 51.6 Å². The average molecular weight is 313 g/mol. The second-order valence-corrected chi connectivity index (χ2v) is 7.71. The van der Waals surface area contributed by atoms with E-state index in [1.807, 2.05) is 11.5 Å². The molecule has 1 heterocycles. The third-order valence-electron chi connectivity index (χ3n) is 4.49. The molecule has 0 radical (unpaired) electrons. The molecule has 2 unspecified atom stereocenters. The Bertz CT molecular complexity index is 544. The molecular formula is C15H27N3O2S. The SMILES string of the molecule is CCn1cc(S(=O)(=O)NC2CCCCCC2C)cc1CN. The molecule has 1 aromatic heterocycles. The Labute approximate surface area is 128 Å². The van der Waals surface area contributed by atoms with Crippen molar-refractivity contribution in [2.24, 2.45) is 11.7 Å². The van der Waals surface area contributed by atoms with Crippen molar-refractivity contribution in [1.29, 1.82) is 0 Å². The van der Waals surface area contributed by atoms with Crippen molar-refractivity contribution < 1.29 is 8.42 Å². The number of nitrogens with zero attached hydrogens (tertiary/aromatic N) is 1. The van der Waals surface area contributed by atoms with Crippen LogP contribution in [0.5, 0.6) is 0 Å². The van der Waals surface area contributed by atoms with E-state index in [1.54, 1.807) is 12.3 Å². The molecule has 0 saturated heterocycles. The number of hydrogen-bond acceptors (Lipinski definition) is 3. The fourth-order valence-electron chi connectivity index (χ4n) is 3.07. The molecule has 0 spiro atoms. The van der Waals surface area contributed by atoms with E-state index in [0.29, 0.717) is 17.4 Å². The Morgan fingerprint density at radius 2 is 2.05 bits per heavy atom. The number of nitrogens with one attached hydrogen (secondary N) is 1. The van der Waals surface area contributed by atoms with Gasteiger partial charge in [-0.2, -0.15) is 0 Å². The highest BCUT2D eigenvalue weighted by Gasteiger charge is 2.26. The molecule has 0 bridgehead atoms. The number of nitrogens with two attached hydrogens (primary N) is 1. The van der Waals surface area contributed by atoms with Crippen LogP contribution in [0.15, 0.2) is 17.2 Å². The van der Waals surface area contributed by atoms with Gasteiger partial charge in [0.05, 0.1) is 4.90 Å². The summed E-state index contributed by atoms with van der Waals surface area (Å²) in [6.07, 6.45) is 7.21. The van der Waals surface area contributed by atoms with E-state index in [2.05, 4.69) is 11.6 Å². The standard InChI is InChI=1S/C15H27N3O2S/c1-3-18-11-14(9-13(18)10-16)21(19,20)17-15-8-6-4-5-7-12(15)2/h9,11-12,15,17H,3-8,10,16H2,1-2H3. The summed E-state index contributed by atoms with van der Waals surface area (Å²) >= 11 is 0. The normalized spacial score (nSPS) is 24.0. The number of hydrogen-bond donors (Lipinski definition) is 2. The maximum absolute atomic E-state index is 12.6. The van der Waals surface area contributed by atoms with E-state index in [9.17, 15) is 8.42 Å². The molecule has 1 saturated carbocycles. The Balaban J connectivity index is 2.19. The molecule has 0 aromatic carbocycles. The zero-order chi connectivity index (χ0) is 15.5. The first-order valence-electron chi connectivity index (χ1n) is 7.89. The van der Waals surface area contributed by atoms with Gasteiger partial charge in [0.2, 0.25) is 10.0 Å². The first-order valence-corrected chi connectivity index (χ1v) is 9.37. The maximum Gasteiger partial charge on any atom is 0.242 e. The highest BCUT2D eigenvalue weighted by atomic mass is 32.2. The summed E-state index contributed by atoms with van der Waals surface area (Å²) in [4.78, 5) is 0.334. The Morgan fingerprint density at radius 3 is 2.67 bits per heavy atom. The largest absolute Gasteiger partial charge is 0.349 e. The minimum Gasteiger partial charge on any atom is -0.349 e. The van der Waals surface area contributed by atoms with Crippen molar-refractivity contribution in [1.82, 2.24) is 9.29 Å². The van der Waals surface area contributed by atoms with Gasteiger partial charge in [-0.05, 0) is 31.7 Å². The van der Waals surface area contributed by atoms with Crippen molar-refractivity contribution >= 4 is 10.0 Å². The highest BCUT2D eigenvalue weighted by molar-refractivity contribution is 7.89. The summed E-state index contributed by atoms with van der Waals surface area (Å²) in [6, 6.07) is 1.73. The van der Waals surface area contributed by atoms with Crippen LogP contribution < -0.4 is 10.5 Å². The summed E-state index contributed by atoms with van der Waals surface area (Å²) < 4.78 is 30.0. The monoisotopic (exact) mass is 313 g/mol. The molecule has 3 N–H and O–H groups in total. The fraction of sp³-hybridized carbons (Fsp3) is 0.733. The van der Waals surface area contributed by atoms with E-state index in [1.165, 1.54) is 12.8 Å². The van der Waals surface area contributed by atoms with Crippen LogP contribution >= 0.6 is 0 Å². The Morgan fingerprint density at radius 1 is 1.33 bits per heavy atom. The molecule has 1 aliphatic rings. The van der Waals surface area contributed by atoms with Crippen molar-refractivity contribution in [3.8, 4) is 0 Å². The molecule has 1 fully saturated rings. The molecule has 21 heavy (non-hydrogen) atoms. The summed E-state index contributed by atoms with van der Waals surface area (Å²) in [5, 5.41) is 0. The van der Waals surface area contributed by atoms with Gasteiger partial charge >= 0.3 is 0 Å². The van der Waals surface area contributed by atoms with Crippen LogP contribution in [0.3, 0.4) is 0 Å². The number of sulfonamides is 1. The molecule has 0 aliphatic heterocycles. The number of rotatable bonds is 5. The van der Waals surface area contributed by atoms with Gasteiger partial charge in [-0.3, -0.25) is 0 Å². The molecule has 2 atom stereocenters. The average Bonchev–Trinajstić information content (AvgIpc) is 2.80. The minimum absolute atomic E-state index is 0.0452. The summed E-state index contributed by atoms with van der Waals surface area (Å²) in [7, 11) is -3.46. The predicted octanol–water partition coefficient (Wildman–Crippen LogP) is 2.21. The lowest BCUT2D eigenvalue weighted by Gasteiger charge is -2.22. The van der Waals surface area contributed by atoms with E-state index < -0.39 is 10.0 Å². The van der Waals surface area contributed by atoms with Gasteiger partial charge in [-0.1, -0.05) is 26.2 Å². The third-order valence-corrected chi connectivity index (χ3v) is 5.95. The molecule has 2 rings (SSSR count). The maximum atomic E-state index is 12.6. The van der Waals surface area contributed by atoms with Gasteiger partial charge < -0.3 is 10.3 Å². The van der Waals surface area contributed by atoms with Crippen LogP contribution in [0, 0.1) is 5.92 Å². The molecule has 6 heteroatoms. The van der Waals surface area contributed by atoms with Gasteiger partial charge in [-0.15, -0.1) is 0 Å². The van der Waals surface area contributed by atoms with E-state index in [-0.39, 0.29) is 6.04 Å². The quantitative estimate of drug-likeness (QED) is 0.818. The lowest BCUT2D eigenvalue weighted by molar-refractivity contribution is 0.399. The van der Waals surface area contributed by atoms with E-state index in [4.69, 9.17) is 5.73 Å². The van der Waals surface area contributed by atoms with Crippen molar-refractivity contribution in [2.45, 2.75) is 70.0 Å². The van der Waals surface area contributed by atoms with Crippen molar-refractivity contribution in [3.05, 3.63) is 18.0 Å². The van der Waals surface area contributed by atoms with Crippen LogP contribution in [0.2, 0.25) is 0 Å². The Hall–Kier alpha value is -0.850. The van der Waals surface area contributed by atoms with E-state index >= 15 is 0 Å². The molecule has 1 aromatic rings. The van der Waals surface area contributed by atoms with Crippen LogP contribution in [0.25, 0.3) is 0 Å². The van der Waals surface area contributed by atoms with Gasteiger partial charge in [0.15, 0.2) is 0 Å². The topological polar surface area (TPSA) is 77.1 Å². The molecule has 0 amide bonds. The number of aromatic nitrogens is 1. The summed E-state index contributed by atoms with van der Waals surface area (Å²) in [6.45, 7) is 5.20. The van der Waals surface area contributed by atoms with Crippen molar-refractivity contribution in [2.75, 3.05) is 0 Å². The van der Waals surface area contributed by atoms with Crippen LogP contribution in [-0.4, -0.2) is 19.0 Å². The van der Waals surface area contributed by atoms with Gasteiger partial charge in [0, 0.05) is 31.0 Å². The smallest absolute Gasteiger partial charge is 0.242 e. The Kier molecular flexibility index (Phi) is 5.46. The fourth-order valence-corrected chi connectivity index (χ4v) is 4.52. The highest BCUT2D eigenvalue weighted by Crippen LogP contribution is 2.25. The third kappa shape index (κ3) is 3.87. The van der Waals surface area contributed by atoms with E-state index in [0.717, 1.165) is 31.5 Å². The van der Waals surface area contributed by atoms with Crippen LogP contribution in [-0.2, 0) is 23.1 Å². The molecule has 5 nitrogen and oxygen atoms in total. The second kappa shape index (κ2) is 6.94. The summed E-state index contributed by atoms with van der Waals surface area (Å²) in [5.41, 5.74) is 6.53. The van der Waals surface area contributed by atoms with Crippen molar-refractivity contribution in [3.63, 3.8) is 0 Å². The zero-order valence-electron chi connectivity index (χ0n) is 13.0. The zero-order valence-corrected chi connectivity index (χ0v) is 13.8. The first kappa shape index (κ1) is 16.5. The predicted molar refractivity (Wildman–Crippen MR) is 84.4 cm³/mol. The minimum atomic E-state index is -3.46. The number of aryl methyl sites for hydroxylation is 1. The summed E-state index contributed by atoms with van der Waals surface area (Å²) in [5.74, 6) is 0.393. The van der Waals surface area contributed by atoms with Gasteiger partial charge in [0.25, 0.3) is 0 Å². The second-order valence-electron chi connectivity index (χ2n) is 6.00. The van der Waals surface area contributed by atoms with Gasteiger partial charge in [0.1, 0.15) is 0 Å². The lowest BCUT2D eigenvalue weighted by Crippen LogP contribution is -2.38. The first-order chi connectivity index (χ1) is 9.97. The molecule has 1 aliphatic carbocycles. The molecule has 120 valence electrons. The lowest BCUT2D eigenvalue weighted by atomic mass is 9.98.